The highest BCUT2D eigenvalue weighted by Gasteiger charge is 2.23. The average molecular weight is 604 g/mol. The molecule has 9 rings (SSSR count). The van der Waals surface area contributed by atoms with E-state index < -0.39 is 0 Å². The first kappa shape index (κ1) is 27.1. The van der Waals surface area contributed by atoms with Crippen LogP contribution in [0.2, 0.25) is 0 Å². The molecule has 1 N–H and O–H groups in total. The fraction of sp³-hybridized carbons (Fsp3) is 0.0233. The van der Waals surface area contributed by atoms with E-state index in [9.17, 15) is 0 Å². The zero-order chi connectivity index (χ0) is 31.2. The third kappa shape index (κ3) is 4.79. The number of nitrogens with zero attached hydrogens (tertiary/aromatic N) is 2. The van der Waals surface area contributed by atoms with Gasteiger partial charge in [0.15, 0.2) is 5.84 Å². The molecule has 1 atom stereocenters. The highest BCUT2D eigenvalue weighted by Crippen LogP contribution is 2.41. The Morgan fingerprint density at radius 3 is 1.96 bits per heavy atom. The first-order valence-corrected chi connectivity index (χ1v) is 15.9. The molecule has 222 valence electrons. The second-order valence-electron chi connectivity index (χ2n) is 11.8. The summed E-state index contributed by atoms with van der Waals surface area (Å²) in [5.74, 6) is 1.51. The van der Waals surface area contributed by atoms with Crippen molar-refractivity contribution in [1.29, 1.82) is 0 Å². The van der Waals surface area contributed by atoms with Crippen LogP contribution in [0.25, 0.3) is 55.0 Å². The standard InChI is InChI=1S/C43H29N3O/c1-3-13-30(14-4-1)41-44-42(31-15-5-2-6-16-31)46-43(45-41)36-21-10-9-18-33(36)28-23-25-29(26-24-28)39-34-19-8-7-17-32(34)27-37-35-20-11-12-22-38(35)47-40(37)39/h1-27,41H,(H,44,45,46). The van der Waals surface area contributed by atoms with E-state index in [1.807, 2.05) is 48.5 Å². The molecule has 0 saturated heterocycles. The maximum atomic E-state index is 6.52. The van der Waals surface area contributed by atoms with E-state index in [0.29, 0.717) is 5.84 Å². The van der Waals surface area contributed by atoms with Crippen LogP contribution in [0.1, 0.15) is 22.9 Å². The predicted molar refractivity (Wildman–Crippen MR) is 194 cm³/mol. The summed E-state index contributed by atoms with van der Waals surface area (Å²) in [6, 6.07) is 56.9. The molecule has 1 aromatic heterocycles. The van der Waals surface area contributed by atoms with Crippen LogP contribution < -0.4 is 5.32 Å². The molecular weight excluding hydrogens is 574 g/mol. The van der Waals surface area contributed by atoms with Crippen molar-refractivity contribution < 1.29 is 4.42 Å². The Balaban J connectivity index is 1.15. The van der Waals surface area contributed by atoms with E-state index in [4.69, 9.17) is 14.4 Å². The molecule has 7 aromatic carbocycles. The van der Waals surface area contributed by atoms with Gasteiger partial charge in [0, 0.05) is 27.5 Å². The summed E-state index contributed by atoms with van der Waals surface area (Å²) in [5, 5.41) is 8.27. The van der Waals surface area contributed by atoms with Crippen molar-refractivity contribution in [3.05, 3.63) is 180 Å². The van der Waals surface area contributed by atoms with Gasteiger partial charge < -0.3 is 9.73 Å². The summed E-state index contributed by atoms with van der Waals surface area (Å²) in [6.07, 6.45) is -0.257. The van der Waals surface area contributed by atoms with Crippen molar-refractivity contribution in [3.63, 3.8) is 0 Å². The summed E-state index contributed by atoms with van der Waals surface area (Å²) >= 11 is 0. The van der Waals surface area contributed by atoms with E-state index in [2.05, 4.69) is 121 Å². The van der Waals surface area contributed by atoms with Crippen LogP contribution >= 0.6 is 0 Å². The van der Waals surface area contributed by atoms with Crippen LogP contribution in [0, 0.1) is 0 Å². The molecule has 0 radical (unpaired) electrons. The Bertz CT molecular complexity index is 2480. The van der Waals surface area contributed by atoms with E-state index in [1.54, 1.807) is 0 Å². The Morgan fingerprint density at radius 1 is 0.511 bits per heavy atom. The smallest absolute Gasteiger partial charge is 0.159 e. The number of furan rings is 1. The van der Waals surface area contributed by atoms with Gasteiger partial charge in [-0.15, -0.1) is 0 Å². The normalized spacial score (nSPS) is 14.6. The summed E-state index contributed by atoms with van der Waals surface area (Å²) in [4.78, 5) is 10.1. The van der Waals surface area contributed by atoms with Crippen molar-refractivity contribution in [3.8, 4) is 22.3 Å². The Kier molecular flexibility index (Phi) is 6.50. The number of rotatable bonds is 5. The fourth-order valence-corrected chi connectivity index (χ4v) is 6.68. The summed E-state index contributed by atoms with van der Waals surface area (Å²) in [7, 11) is 0. The molecule has 0 amide bonds. The van der Waals surface area contributed by atoms with E-state index >= 15 is 0 Å². The summed E-state index contributed by atoms with van der Waals surface area (Å²) in [6.45, 7) is 0. The van der Waals surface area contributed by atoms with Gasteiger partial charge in [-0.05, 0) is 45.2 Å². The summed E-state index contributed by atoms with van der Waals surface area (Å²) in [5.41, 5.74) is 9.34. The lowest BCUT2D eigenvalue weighted by Gasteiger charge is -2.25. The lowest BCUT2D eigenvalue weighted by Crippen LogP contribution is -2.33. The lowest BCUT2D eigenvalue weighted by atomic mass is 9.92. The average Bonchev–Trinajstić information content (AvgIpc) is 3.52. The minimum absolute atomic E-state index is 0.257. The Labute approximate surface area is 272 Å². The topological polar surface area (TPSA) is 49.9 Å². The van der Waals surface area contributed by atoms with Gasteiger partial charge in [0.05, 0.1) is 0 Å². The molecule has 1 unspecified atom stereocenters. The molecule has 47 heavy (non-hydrogen) atoms. The number of hydrogen-bond acceptors (Lipinski definition) is 4. The predicted octanol–water partition coefficient (Wildman–Crippen LogP) is 10.6. The minimum Gasteiger partial charge on any atom is -0.455 e. The second kappa shape index (κ2) is 11.3. The SMILES string of the molecule is c1ccc(C2=NC(c3ccccc3)NC(c3ccccc3-c3ccc(-c4c5ccccc5cc5c4oc4ccccc45)cc3)=N2)cc1. The zero-order valence-electron chi connectivity index (χ0n) is 25.5. The monoisotopic (exact) mass is 603 g/mol. The zero-order valence-corrected chi connectivity index (χ0v) is 25.5. The molecule has 0 fully saturated rings. The Morgan fingerprint density at radius 2 is 1.15 bits per heavy atom. The molecule has 4 heteroatoms. The molecule has 1 aliphatic rings. The molecule has 4 nitrogen and oxygen atoms in total. The fourth-order valence-electron chi connectivity index (χ4n) is 6.68. The van der Waals surface area contributed by atoms with Crippen molar-refractivity contribution >= 4 is 44.4 Å². The van der Waals surface area contributed by atoms with Crippen LogP contribution in [0.15, 0.2) is 178 Å². The van der Waals surface area contributed by atoms with Gasteiger partial charge in [-0.25, -0.2) is 9.98 Å². The number of hydrogen-bond donors (Lipinski definition) is 1. The van der Waals surface area contributed by atoms with Gasteiger partial charge in [-0.2, -0.15) is 0 Å². The van der Waals surface area contributed by atoms with Crippen LogP contribution in [-0.4, -0.2) is 11.7 Å². The molecule has 0 spiro atoms. The maximum absolute atomic E-state index is 6.52. The number of amidine groups is 2. The molecule has 1 aliphatic heterocycles. The largest absolute Gasteiger partial charge is 0.455 e. The molecular formula is C43H29N3O. The van der Waals surface area contributed by atoms with E-state index in [0.717, 1.165) is 66.7 Å². The molecule has 0 bridgehead atoms. The van der Waals surface area contributed by atoms with Crippen LogP contribution in [-0.2, 0) is 0 Å². The third-order valence-electron chi connectivity index (χ3n) is 8.95. The van der Waals surface area contributed by atoms with E-state index in [-0.39, 0.29) is 6.17 Å². The van der Waals surface area contributed by atoms with Gasteiger partial charge in [-0.3, -0.25) is 0 Å². The maximum Gasteiger partial charge on any atom is 0.159 e. The van der Waals surface area contributed by atoms with Gasteiger partial charge >= 0.3 is 0 Å². The van der Waals surface area contributed by atoms with Crippen LogP contribution in [0.5, 0.6) is 0 Å². The highest BCUT2D eigenvalue weighted by molar-refractivity contribution is 6.18. The molecule has 8 aromatic rings. The molecule has 0 aliphatic carbocycles. The summed E-state index contributed by atoms with van der Waals surface area (Å²) < 4.78 is 6.52. The Hall–Kier alpha value is -6.26. The quantitative estimate of drug-likeness (QED) is 0.213. The molecule has 2 heterocycles. The number of fused-ring (bicyclic) bond motifs is 4. The first-order valence-electron chi connectivity index (χ1n) is 15.9. The third-order valence-corrected chi connectivity index (χ3v) is 8.95. The number of para-hydroxylation sites is 1. The second-order valence-corrected chi connectivity index (χ2v) is 11.8. The first-order chi connectivity index (χ1) is 23.3. The number of aliphatic imine (C=N–C) groups is 2. The van der Waals surface area contributed by atoms with Crippen molar-refractivity contribution in [2.45, 2.75) is 6.17 Å². The lowest BCUT2D eigenvalue weighted by molar-refractivity contribution is 0.670. The van der Waals surface area contributed by atoms with Crippen LogP contribution in [0.4, 0.5) is 0 Å². The van der Waals surface area contributed by atoms with Gasteiger partial charge in [-0.1, -0.05) is 152 Å². The van der Waals surface area contributed by atoms with Crippen LogP contribution in [0.3, 0.4) is 0 Å². The van der Waals surface area contributed by atoms with Crippen molar-refractivity contribution in [2.75, 3.05) is 0 Å². The van der Waals surface area contributed by atoms with Crippen molar-refractivity contribution in [2.24, 2.45) is 9.98 Å². The minimum atomic E-state index is -0.257. The number of nitrogens with one attached hydrogen (secondary N) is 1. The molecule has 0 saturated carbocycles. The van der Waals surface area contributed by atoms with Crippen molar-refractivity contribution in [1.82, 2.24) is 5.32 Å². The van der Waals surface area contributed by atoms with Gasteiger partial charge in [0.2, 0.25) is 0 Å². The van der Waals surface area contributed by atoms with Gasteiger partial charge in [0.1, 0.15) is 23.2 Å². The highest BCUT2D eigenvalue weighted by atomic mass is 16.3. The number of benzene rings is 7. The van der Waals surface area contributed by atoms with Gasteiger partial charge in [0.25, 0.3) is 0 Å². The van der Waals surface area contributed by atoms with E-state index in [1.165, 1.54) is 10.8 Å².